The molecule has 0 fully saturated rings. The van der Waals surface area contributed by atoms with Gasteiger partial charge in [0.15, 0.2) is 6.10 Å². The monoisotopic (exact) mass is 822 g/mol. The molecule has 318 valence electrons. The maximum Gasteiger partial charge on any atom is 0.330 e. The Labute approximate surface area is 351 Å². The summed E-state index contributed by atoms with van der Waals surface area (Å²) in [6.07, 6.45) is 0.422. The number of carbonyl (C=O) groups is 3. The van der Waals surface area contributed by atoms with Crippen molar-refractivity contribution in [1.82, 2.24) is 0 Å². The lowest BCUT2D eigenvalue weighted by Gasteiger charge is -2.27. The molecule has 0 amide bonds. The lowest BCUT2D eigenvalue weighted by molar-refractivity contribution is -0.154. The number of benzene rings is 4. The van der Waals surface area contributed by atoms with Crippen molar-refractivity contribution < 1.29 is 57.8 Å². The van der Waals surface area contributed by atoms with Crippen molar-refractivity contribution in [2.24, 2.45) is 0 Å². The van der Waals surface area contributed by atoms with Crippen LogP contribution in [-0.4, -0.2) is 86.1 Å². The Morgan fingerprint density at radius 3 is 1.07 bits per heavy atom. The van der Waals surface area contributed by atoms with Gasteiger partial charge in [-0.1, -0.05) is 96.0 Å². The highest BCUT2D eigenvalue weighted by Gasteiger charge is 2.25. The third kappa shape index (κ3) is 13.9. The highest BCUT2D eigenvalue weighted by Crippen LogP contribution is 2.35. The molecule has 3 unspecified atom stereocenters. The van der Waals surface area contributed by atoms with Crippen LogP contribution in [0.1, 0.15) is 49.9 Å². The Bertz CT molecular complexity index is 2020. The van der Waals surface area contributed by atoms with Crippen LogP contribution in [0.2, 0.25) is 0 Å². The van der Waals surface area contributed by atoms with E-state index in [1.54, 1.807) is 0 Å². The van der Waals surface area contributed by atoms with Gasteiger partial charge in [0.25, 0.3) is 0 Å². The lowest BCUT2D eigenvalue weighted by Crippen LogP contribution is -2.30. The summed E-state index contributed by atoms with van der Waals surface area (Å²) >= 11 is 0. The third-order valence-corrected chi connectivity index (χ3v) is 9.68. The van der Waals surface area contributed by atoms with Gasteiger partial charge in [-0.2, -0.15) is 0 Å². The molecule has 0 spiro atoms. The predicted molar refractivity (Wildman–Crippen MR) is 226 cm³/mol. The average molecular weight is 823 g/mol. The van der Waals surface area contributed by atoms with Crippen LogP contribution in [0.25, 0.3) is 0 Å². The zero-order chi connectivity index (χ0) is 43.7. The minimum atomic E-state index is -0.963. The maximum atomic E-state index is 11.7. The summed E-state index contributed by atoms with van der Waals surface area (Å²) in [5.41, 5.74) is 3.49. The standard InChI is InChI=1S/C48H54O12/c1-8-44(51)58-30-38(50)29-56-41-23-15-34(16-24-41)47(4,5)33-11-19-39(20-12-33)54-27-37(49)28-55-40-21-13-35(14-22-40)48(6,7)36-17-25-42(26-18-36)57-31-43(60-46(53)10-3)32-59-45(52)9-2/h8-26,37-38,43,49-50H,1-3,27-32H2,4-7H3. The second kappa shape index (κ2) is 22.1. The molecule has 60 heavy (non-hydrogen) atoms. The Balaban J connectivity index is 1.22. The molecule has 0 aliphatic heterocycles. The van der Waals surface area contributed by atoms with E-state index < -0.39 is 36.2 Å². The molecule has 2 N–H and O–H groups in total. The van der Waals surface area contributed by atoms with Crippen LogP contribution < -0.4 is 18.9 Å². The zero-order valence-electron chi connectivity index (χ0n) is 34.5. The van der Waals surface area contributed by atoms with E-state index in [0.717, 1.165) is 40.5 Å². The Hall–Kier alpha value is -6.37. The largest absolute Gasteiger partial charge is 0.491 e. The zero-order valence-corrected chi connectivity index (χ0v) is 34.5. The van der Waals surface area contributed by atoms with Crippen molar-refractivity contribution in [3.8, 4) is 23.0 Å². The number of hydrogen-bond acceptors (Lipinski definition) is 12. The molecule has 0 aliphatic carbocycles. The van der Waals surface area contributed by atoms with Crippen molar-refractivity contribution in [3.63, 3.8) is 0 Å². The van der Waals surface area contributed by atoms with Crippen molar-refractivity contribution in [3.05, 3.63) is 157 Å². The van der Waals surface area contributed by atoms with Gasteiger partial charge in [0.05, 0.1) is 0 Å². The van der Waals surface area contributed by atoms with Gasteiger partial charge in [-0.05, 0) is 70.8 Å². The van der Waals surface area contributed by atoms with Crippen molar-refractivity contribution in [1.29, 1.82) is 0 Å². The van der Waals surface area contributed by atoms with Crippen LogP contribution in [0, 0.1) is 0 Å². The van der Waals surface area contributed by atoms with Gasteiger partial charge in [-0.15, -0.1) is 0 Å². The van der Waals surface area contributed by atoms with Gasteiger partial charge >= 0.3 is 17.9 Å². The molecule has 0 aliphatic rings. The lowest BCUT2D eigenvalue weighted by atomic mass is 9.78. The van der Waals surface area contributed by atoms with Crippen molar-refractivity contribution in [2.45, 2.75) is 56.8 Å². The molecule has 0 radical (unpaired) electrons. The first-order chi connectivity index (χ1) is 28.6. The third-order valence-electron chi connectivity index (χ3n) is 9.68. The first-order valence-corrected chi connectivity index (χ1v) is 19.4. The van der Waals surface area contributed by atoms with E-state index in [9.17, 15) is 24.6 Å². The van der Waals surface area contributed by atoms with Gasteiger partial charge in [0.2, 0.25) is 0 Å². The quantitative estimate of drug-likeness (QED) is 0.0432. The van der Waals surface area contributed by atoms with E-state index in [1.165, 1.54) is 0 Å². The predicted octanol–water partition coefficient (Wildman–Crippen LogP) is 6.83. The Morgan fingerprint density at radius 2 is 0.750 bits per heavy atom. The minimum absolute atomic E-state index is 0.0259. The molecule has 12 heteroatoms. The molecule has 3 atom stereocenters. The number of aliphatic hydroxyl groups is 2. The van der Waals surface area contributed by atoms with E-state index in [1.807, 2.05) is 97.1 Å². The first-order valence-electron chi connectivity index (χ1n) is 19.4. The number of ether oxygens (including phenoxy) is 7. The van der Waals surface area contributed by atoms with Crippen LogP contribution in [0.3, 0.4) is 0 Å². The molecule has 4 rings (SSSR count). The van der Waals surface area contributed by atoms with Gasteiger partial charge in [0, 0.05) is 29.1 Å². The molecule has 4 aromatic rings. The van der Waals surface area contributed by atoms with Crippen LogP contribution in [0.15, 0.2) is 135 Å². The molecular formula is C48H54O12. The van der Waals surface area contributed by atoms with Gasteiger partial charge < -0.3 is 43.4 Å². The van der Waals surface area contributed by atoms with E-state index in [-0.39, 0.29) is 50.5 Å². The summed E-state index contributed by atoms with van der Waals surface area (Å²) in [6.45, 7) is 18.2. The van der Waals surface area contributed by atoms with E-state index in [2.05, 4.69) is 47.4 Å². The summed E-state index contributed by atoms with van der Waals surface area (Å²) in [7, 11) is 0. The second-order valence-electron chi connectivity index (χ2n) is 14.8. The van der Waals surface area contributed by atoms with Gasteiger partial charge in [-0.3, -0.25) is 0 Å². The SMILES string of the molecule is C=CC(=O)OCC(O)COc1ccc(C(C)(C)c2ccc(OCC(O)COc3ccc(C(C)(C)c4ccc(OCC(COC(=O)C=C)OC(=O)C=C)cc4)cc3)cc2)cc1. The fourth-order valence-corrected chi connectivity index (χ4v) is 5.87. The molecule has 0 heterocycles. The smallest absolute Gasteiger partial charge is 0.330 e. The normalized spacial score (nSPS) is 12.8. The van der Waals surface area contributed by atoms with Crippen molar-refractivity contribution >= 4 is 17.9 Å². The number of aliphatic hydroxyl groups excluding tert-OH is 2. The molecule has 0 saturated heterocycles. The summed E-state index contributed by atoms with van der Waals surface area (Å²) < 4.78 is 38.3. The molecule has 12 nitrogen and oxygen atoms in total. The van der Waals surface area contributed by atoms with E-state index >= 15 is 0 Å². The van der Waals surface area contributed by atoms with Crippen LogP contribution >= 0.6 is 0 Å². The van der Waals surface area contributed by atoms with E-state index in [4.69, 9.17) is 33.2 Å². The topological polar surface area (TPSA) is 156 Å². The summed E-state index contributed by atoms with van der Waals surface area (Å²) in [5.74, 6) is 0.452. The molecule has 4 aromatic carbocycles. The van der Waals surface area contributed by atoms with Crippen molar-refractivity contribution in [2.75, 3.05) is 39.6 Å². The van der Waals surface area contributed by atoms with Crippen LogP contribution in [0.4, 0.5) is 0 Å². The van der Waals surface area contributed by atoms with Gasteiger partial charge in [0.1, 0.15) is 74.8 Å². The molecule has 0 bridgehead atoms. The number of rotatable bonds is 24. The minimum Gasteiger partial charge on any atom is -0.491 e. The maximum absolute atomic E-state index is 11.7. The highest BCUT2D eigenvalue weighted by molar-refractivity contribution is 5.82. The molecular weight excluding hydrogens is 769 g/mol. The number of esters is 3. The average Bonchev–Trinajstić information content (AvgIpc) is 3.27. The van der Waals surface area contributed by atoms with Gasteiger partial charge in [-0.25, -0.2) is 14.4 Å². The fraction of sp³-hybridized carbons (Fsp3) is 0.312. The molecule has 0 aromatic heterocycles. The Kier molecular flexibility index (Phi) is 17.1. The number of hydrogen-bond donors (Lipinski definition) is 2. The second-order valence-corrected chi connectivity index (χ2v) is 14.8. The van der Waals surface area contributed by atoms with E-state index in [0.29, 0.717) is 23.0 Å². The first kappa shape index (κ1) is 46.3. The van der Waals surface area contributed by atoms with Crippen LogP contribution in [-0.2, 0) is 39.4 Å². The summed E-state index contributed by atoms with van der Waals surface area (Å²) in [6, 6.07) is 30.6. The fourth-order valence-electron chi connectivity index (χ4n) is 5.87. The summed E-state index contributed by atoms with van der Waals surface area (Å²) in [4.78, 5) is 34.4. The Morgan fingerprint density at radius 1 is 0.467 bits per heavy atom. The molecule has 0 saturated carbocycles. The highest BCUT2D eigenvalue weighted by atomic mass is 16.6. The number of carbonyl (C=O) groups excluding carboxylic acids is 3. The summed E-state index contributed by atoms with van der Waals surface area (Å²) in [5, 5.41) is 20.6. The van der Waals surface area contributed by atoms with Crippen LogP contribution in [0.5, 0.6) is 23.0 Å².